The number of hydrogen-bond acceptors (Lipinski definition) is 4. The Kier molecular flexibility index (Phi) is 5.34. The Bertz CT molecular complexity index is 480. The molecule has 0 aliphatic carbocycles. The maximum atomic E-state index is 9.50. The second-order valence-electron chi connectivity index (χ2n) is 6.59. The lowest BCUT2D eigenvalue weighted by molar-refractivity contribution is 0.120. The first-order valence-electron chi connectivity index (χ1n) is 8.52. The lowest BCUT2D eigenvalue weighted by atomic mass is 10.1. The van der Waals surface area contributed by atoms with E-state index < -0.39 is 0 Å². The average molecular weight is 304 g/mol. The van der Waals surface area contributed by atoms with Crippen molar-refractivity contribution in [2.75, 3.05) is 33.4 Å². The summed E-state index contributed by atoms with van der Waals surface area (Å²) in [7, 11) is 1.72. The molecule has 3 rings (SSSR count). The maximum absolute atomic E-state index is 9.50. The van der Waals surface area contributed by atoms with E-state index in [1.807, 2.05) is 6.07 Å². The molecule has 0 amide bonds. The Morgan fingerprint density at radius 2 is 1.91 bits per heavy atom. The fourth-order valence-corrected chi connectivity index (χ4v) is 3.93. The van der Waals surface area contributed by atoms with E-state index in [0.29, 0.717) is 18.7 Å². The molecule has 0 spiro atoms. The summed E-state index contributed by atoms with van der Waals surface area (Å²) in [5, 5.41) is 9.50. The summed E-state index contributed by atoms with van der Waals surface area (Å²) in [5.74, 6) is 0.938. The fourth-order valence-electron chi connectivity index (χ4n) is 3.93. The second kappa shape index (κ2) is 7.44. The molecule has 0 saturated carbocycles. The highest BCUT2D eigenvalue weighted by molar-refractivity contribution is 5.28. The van der Waals surface area contributed by atoms with Gasteiger partial charge in [-0.25, -0.2) is 0 Å². The van der Waals surface area contributed by atoms with E-state index in [1.165, 1.54) is 31.4 Å². The number of methoxy groups -OCH3 is 1. The molecule has 0 aromatic heterocycles. The topological polar surface area (TPSA) is 35.9 Å². The normalized spacial score (nSPS) is 26.6. The van der Waals surface area contributed by atoms with Gasteiger partial charge in [-0.05, 0) is 56.5 Å². The second-order valence-corrected chi connectivity index (χ2v) is 6.59. The van der Waals surface area contributed by atoms with Gasteiger partial charge in [0.1, 0.15) is 5.75 Å². The number of benzene rings is 1. The molecule has 1 N–H and O–H groups in total. The number of rotatable bonds is 6. The molecular weight excluding hydrogens is 276 g/mol. The molecule has 2 unspecified atom stereocenters. The van der Waals surface area contributed by atoms with E-state index in [9.17, 15) is 5.11 Å². The molecule has 2 saturated heterocycles. The summed E-state index contributed by atoms with van der Waals surface area (Å²) in [6.07, 6.45) is 4.94. The summed E-state index contributed by atoms with van der Waals surface area (Å²) in [5.41, 5.74) is 1.33. The van der Waals surface area contributed by atoms with Crippen molar-refractivity contribution in [3.8, 4) is 5.75 Å². The number of aliphatic hydroxyl groups is 1. The van der Waals surface area contributed by atoms with Crippen LogP contribution in [-0.4, -0.2) is 60.3 Å². The summed E-state index contributed by atoms with van der Waals surface area (Å²) in [6.45, 7) is 4.74. The smallest absolute Gasteiger partial charge is 0.119 e. The average Bonchev–Trinajstić information content (AvgIpc) is 3.17. The third-order valence-electron chi connectivity index (χ3n) is 5.17. The van der Waals surface area contributed by atoms with E-state index in [0.717, 1.165) is 31.8 Å². The number of hydrogen-bond donors (Lipinski definition) is 1. The van der Waals surface area contributed by atoms with E-state index >= 15 is 0 Å². The van der Waals surface area contributed by atoms with E-state index in [-0.39, 0.29) is 0 Å². The Morgan fingerprint density at radius 3 is 2.68 bits per heavy atom. The monoisotopic (exact) mass is 304 g/mol. The van der Waals surface area contributed by atoms with Crippen LogP contribution >= 0.6 is 0 Å². The molecule has 1 aromatic carbocycles. The number of likely N-dealkylation sites (tertiary alicyclic amines) is 2. The van der Waals surface area contributed by atoms with Gasteiger partial charge in [-0.3, -0.25) is 9.80 Å². The molecule has 0 radical (unpaired) electrons. The van der Waals surface area contributed by atoms with Crippen molar-refractivity contribution in [3.63, 3.8) is 0 Å². The van der Waals surface area contributed by atoms with Crippen molar-refractivity contribution in [2.24, 2.45) is 0 Å². The minimum absolute atomic E-state index is 0.308. The molecule has 122 valence electrons. The van der Waals surface area contributed by atoms with Gasteiger partial charge in [0.05, 0.1) is 13.7 Å². The van der Waals surface area contributed by atoms with Crippen LogP contribution < -0.4 is 4.74 Å². The van der Waals surface area contributed by atoms with E-state index in [4.69, 9.17) is 4.74 Å². The predicted octanol–water partition coefficient (Wildman–Crippen LogP) is 2.12. The Morgan fingerprint density at radius 1 is 1.14 bits per heavy atom. The molecular formula is C18H28N2O2. The highest BCUT2D eigenvalue weighted by Gasteiger charge is 2.31. The maximum Gasteiger partial charge on any atom is 0.119 e. The zero-order valence-electron chi connectivity index (χ0n) is 13.6. The van der Waals surface area contributed by atoms with Crippen LogP contribution in [0.15, 0.2) is 24.3 Å². The van der Waals surface area contributed by atoms with Crippen LogP contribution in [0.5, 0.6) is 5.75 Å². The van der Waals surface area contributed by atoms with Gasteiger partial charge in [0.2, 0.25) is 0 Å². The van der Waals surface area contributed by atoms with Gasteiger partial charge in [-0.2, -0.15) is 0 Å². The van der Waals surface area contributed by atoms with Gasteiger partial charge >= 0.3 is 0 Å². The molecule has 4 heteroatoms. The summed E-state index contributed by atoms with van der Waals surface area (Å²) in [6, 6.07) is 9.41. The molecule has 2 fully saturated rings. The van der Waals surface area contributed by atoms with Crippen molar-refractivity contribution in [1.29, 1.82) is 0 Å². The molecule has 1 aromatic rings. The SMILES string of the molecule is COc1cccc(CN2CCCC2CN2CCCC2CO)c1. The van der Waals surface area contributed by atoms with Gasteiger partial charge < -0.3 is 9.84 Å². The van der Waals surface area contributed by atoms with Gasteiger partial charge in [-0.1, -0.05) is 12.1 Å². The molecule has 2 aliphatic rings. The highest BCUT2D eigenvalue weighted by Crippen LogP contribution is 2.25. The predicted molar refractivity (Wildman–Crippen MR) is 88.1 cm³/mol. The van der Waals surface area contributed by atoms with Crippen LogP contribution in [0.25, 0.3) is 0 Å². The van der Waals surface area contributed by atoms with Crippen molar-refractivity contribution < 1.29 is 9.84 Å². The first-order chi connectivity index (χ1) is 10.8. The summed E-state index contributed by atoms with van der Waals surface area (Å²) in [4.78, 5) is 5.09. The fraction of sp³-hybridized carbons (Fsp3) is 0.667. The first-order valence-corrected chi connectivity index (χ1v) is 8.52. The third kappa shape index (κ3) is 3.62. The summed E-state index contributed by atoms with van der Waals surface area (Å²) < 4.78 is 5.33. The minimum Gasteiger partial charge on any atom is -0.497 e. The van der Waals surface area contributed by atoms with Gasteiger partial charge in [0, 0.05) is 25.2 Å². The van der Waals surface area contributed by atoms with Crippen molar-refractivity contribution in [2.45, 2.75) is 44.3 Å². The first kappa shape index (κ1) is 15.8. The number of ether oxygens (including phenoxy) is 1. The summed E-state index contributed by atoms with van der Waals surface area (Å²) >= 11 is 0. The lowest BCUT2D eigenvalue weighted by Crippen LogP contribution is -2.43. The Labute approximate surface area is 133 Å². The Hall–Kier alpha value is -1.10. The zero-order chi connectivity index (χ0) is 15.4. The van der Waals surface area contributed by atoms with Gasteiger partial charge in [0.15, 0.2) is 0 Å². The van der Waals surface area contributed by atoms with Gasteiger partial charge in [-0.15, -0.1) is 0 Å². The molecule has 4 nitrogen and oxygen atoms in total. The van der Waals surface area contributed by atoms with E-state index in [1.54, 1.807) is 7.11 Å². The van der Waals surface area contributed by atoms with Crippen LogP contribution in [-0.2, 0) is 6.54 Å². The van der Waals surface area contributed by atoms with Gasteiger partial charge in [0.25, 0.3) is 0 Å². The van der Waals surface area contributed by atoms with Crippen LogP contribution in [0.4, 0.5) is 0 Å². The third-order valence-corrected chi connectivity index (χ3v) is 5.17. The molecule has 2 atom stereocenters. The molecule has 22 heavy (non-hydrogen) atoms. The molecule has 0 bridgehead atoms. The van der Waals surface area contributed by atoms with Crippen molar-refractivity contribution in [3.05, 3.63) is 29.8 Å². The van der Waals surface area contributed by atoms with Crippen molar-refractivity contribution in [1.82, 2.24) is 9.80 Å². The van der Waals surface area contributed by atoms with Crippen LogP contribution in [0.2, 0.25) is 0 Å². The van der Waals surface area contributed by atoms with Crippen molar-refractivity contribution >= 4 is 0 Å². The highest BCUT2D eigenvalue weighted by atomic mass is 16.5. The molecule has 2 aliphatic heterocycles. The largest absolute Gasteiger partial charge is 0.497 e. The van der Waals surface area contributed by atoms with Crippen LogP contribution in [0, 0.1) is 0 Å². The van der Waals surface area contributed by atoms with Crippen LogP contribution in [0.1, 0.15) is 31.2 Å². The minimum atomic E-state index is 0.308. The zero-order valence-corrected chi connectivity index (χ0v) is 13.6. The number of nitrogens with zero attached hydrogens (tertiary/aromatic N) is 2. The standard InChI is InChI=1S/C18H28N2O2/c1-22-18-8-2-5-15(11-18)12-19-9-3-6-16(19)13-20-10-4-7-17(20)14-21/h2,5,8,11,16-17,21H,3-4,6-7,9-10,12-14H2,1H3. The molecule has 2 heterocycles. The quantitative estimate of drug-likeness (QED) is 0.873. The lowest BCUT2D eigenvalue weighted by Gasteiger charge is -2.31. The number of aliphatic hydroxyl groups excluding tert-OH is 1. The van der Waals surface area contributed by atoms with Crippen LogP contribution in [0.3, 0.4) is 0 Å². The Balaban J connectivity index is 1.60. The van der Waals surface area contributed by atoms with E-state index in [2.05, 4.69) is 28.0 Å².